The van der Waals surface area contributed by atoms with Crippen molar-refractivity contribution in [3.8, 4) is 0 Å². The molecule has 0 saturated heterocycles. The number of nitrogens with zero attached hydrogens (tertiary/aromatic N) is 1. The van der Waals surface area contributed by atoms with Crippen LogP contribution in [0.2, 0.25) is 0 Å². The SMILES string of the molecule is CN(CC(N)=O)c1ccc(CO)cc1F. The Morgan fingerprint density at radius 2 is 2.27 bits per heavy atom. The third-order valence-corrected chi connectivity index (χ3v) is 2.00. The topological polar surface area (TPSA) is 66.6 Å². The zero-order valence-electron chi connectivity index (χ0n) is 8.40. The van der Waals surface area contributed by atoms with Crippen molar-refractivity contribution in [1.29, 1.82) is 0 Å². The highest BCUT2D eigenvalue weighted by atomic mass is 19.1. The van der Waals surface area contributed by atoms with Gasteiger partial charge in [-0.15, -0.1) is 0 Å². The minimum Gasteiger partial charge on any atom is -0.392 e. The summed E-state index contributed by atoms with van der Waals surface area (Å²) in [6.45, 7) is -0.258. The molecule has 5 heteroatoms. The first-order chi connectivity index (χ1) is 7.04. The van der Waals surface area contributed by atoms with Crippen LogP contribution in [0.5, 0.6) is 0 Å². The highest BCUT2D eigenvalue weighted by molar-refractivity contribution is 5.79. The number of carbonyl (C=O) groups is 1. The maximum Gasteiger partial charge on any atom is 0.236 e. The van der Waals surface area contributed by atoms with Gasteiger partial charge >= 0.3 is 0 Å². The summed E-state index contributed by atoms with van der Waals surface area (Å²) >= 11 is 0. The van der Waals surface area contributed by atoms with Crippen LogP contribution in [0.15, 0.2) is 18.2 Å². The molecule has 0 bridgehead atoms. The molecule has 0 aromatic heterocycles. The van der Waals surface area contributed by atoms with E-state index in [2.05, 4.69) is 0 Å². The van der Waals surface area contributed by atoms with Gasteiger partial charge in [0, 0.05) is 7.05 Å². The number of amides is 1. The molecule has 0 aliphatic rings. The number of hydrogen-bond donors (Lipinski definition) is 2. The van der Waals surface area contributed by atoms with Gasteiger partial charge in [-0.05, 0) is 17.7 Å². The third kappa shape index (κ3) is 2.92. The molecule has 4 nitrogen and oxygen atoms in total. The number of primary amides is 1. The van der Waals surface area contributed by atoms with Gasteiger partial charge in [0.25, 0.3) is 0 Å². The fourth-order valence-corrected chi connectivity index (χ4v) is 1.28. The standard InChI is InChI=1S/C10H13FN2O2/c1-13(5-10(12)15)9-3-2-7(6-14)4-8(9)11/h2-4,14H,5-6H2,1H3,(H2,12,15). The second kappa shape index (κ2) is 4.75. The van der Waals surface area contributed by atoms with Gasteiger partial charge in [0.1, 0.15) is 5.82 Å². The van der Waals surface area contributed by atoms with Crippen molar-refractivity contribution in [2.45, 2.75) is 6.61 Å². The number of nitrogens with two attached hydrogens (primary N) is 1. The van der Waals surface area contributed by atoms with Crippen LogP contribution < -0.4 is 10.6 Å². The largest absolute Gasteiger partial charge is 0.392 e. The smallest absolute Gasteiger partial charge is 0.236 e. The predicted octanol–water partition coefficient (Wildman–Crippen LogP) is 0.239. The molecule has 0 radical (unpaired) electrons. The Balaban J connectivity index is 2.90. The van der Waals surface area contributed by atoms with E-state index in [4.69, 9.17) is 10.8 Å². The van der Waals surface area contributed by atoms with E-state index in [1.54, 1.807) is 13.1 Å². The van der Waals surface area contributed by atoms with Gasteiger partial charge in [-0.25, -0.2) is 4.39 Å². The summed E-state index contributed by atoms with van der Waals surface area (Å²) < 4.78 is 13.4. The van der Waals surface area contributed by atoms with Crippen molar-refractivity contribution in [2.75, 3.05) is 18.5 Å². The number of aliphatic hydroxyl groups is 1. The molecule has 1 rings (SSSR count). The van der Waals surface area contributed by atoms with Crippen molar-refractivity contribution in [1.82, 2.24) is 0 Å². The Morgan fingerprint density at radius 3 is 2.73 bits per heavy atom. The molecule has 15 heavy (non-hydrogen) atoms. The fraction of sp³-hybridized carbons (Fsp3) is 0.300. The number of hydrogen-bond acceptors (Lipinski definition) is 3. The minimum atomic E-state index is -0.525. The van der Waals surface area contributed by atoms with Crippen molar-refractivity contribution >= 4 is 11.6 Å². The highest BCUT2D eigenvalue weighted by Gasteiger charge is 2.09. The molecule has 82 valence electrons. The first-order valence-electron chi connectivity index (χ1n) is 4.43. The van der Waals surface area contributed by atoms with Gasteiger partial charge in [-0.2, -0.15) is 0 Å². The van der Waals surface area contributed by atoms with Gasteiger partial charge in [-0.3, -0.25) is 4.79 Å². The van der Waals surface area contributed by atoms with Crippen LogP contribution in [0.25, 0.3) is 0 Å². The predicted molar refractivity (Wildman–Crippen MR) is 54.8 cm³/mol. The van der Waals surface area contributed by atoms with Gasteiger partial charge in [0.15, 0.2) is 0 Å². The summed E-state index contributed by atoms with van der Waals surface area (Å²) in [5.74, 6) is -1.01. The first-order valence-corrected chi connectivity index (χ1v) is 4.43. The maximum atomic E-state index is 13.4. The summed E-state index contributed by atoms with van der Waals surface area (Å²) in [5.41, 5.74) is 5.77. The lowest BCUT2D eigenvalue weighted by atomic mass is 10.2. The van der Waals surface area contributed by atoms with Gasteiger partial charge in [0.2, 0.25) is 5.91 Å². The molecular formula is C10H13FN2O2. The summed E-state index contributed by atoms with van der Waals surface area (Å²) in [7, 11) is 1.57. The Labute approximate surface area is 87.1 Å². The normalized spacial score (nSPS) is 10.1. The fourth-order valence-electron chi connectivity index (χ4n) is 1.28. The molecule has 0 spiro atoms. The average molecular weight is 212 g/mol. The Kier molecular flexibility index (Phi) is 3.62. The zero-order chi connectivity index (χ0) is 11.4. The Morgan fingerprint density at radius 1 is 1.60 bits per heavy atom. The van der Waals surface area contributed by atoms with E-state index in [0.717, 1.165) is 0 Å². The average Bonchev–Trinajstić information content (AvgIpc) is 2.16. The lowest BCUT2D eigenvalue weighted by Gasteiger charge is -2.18. The molecule has 0 heterocycles. The second-order valence-electron chi connectivity index (χ2n) is 3.27. The van der Waals surface area contributed by atoms with E-state index in [1.807, 2.05) is 0 Å². The summed E-state index contributed by atoms with van der Waals surface area (Å²) in [6.07, 6.45) is 0. The molecule has 3 N–H and O–H groups in total. The number of benzene rings is 1. The molecule has 1 amide bonds. The molecular weight excluding hydrogens is 199 g/mol. The van der Waals surface area contributed by atoms with E-state index in [0.29, 0.717) is 5.56 Å². The van der Waals surface area contributed by atoms with Gasteiger partial charge < -0.3 is 15.7 Å². The minimum absolute atomic E-state index is 0.0462. The van der Waals surface area contributed by atoms with Crippen LogP contribution in [0.4, 0.5) is 10.1 Å². The van der Waals surface area contributed by atoms with E-state index >= 15 is 0 Å². The lowest BCUT2D eigenvalue weighted by molar-refractivity contribution is -0.116. The third-order valence-electron chi connectivity index (χ3n) is 2.00. The number of aliphatic hydroxyl groups excluding tert-OH is 1. The van der Waals surface area contributed by atoms with Gasteiger partial charge in [-0.1, -0.05) is 6.07 Å². The number of anilines is 1. The van der Waals surface area contributed by atoms with Crippen molar-refractivity contribution in [2.24, 2.45) is 5.73 Å². The molecule has 0 aliphatic carbocycles. The number of rotatable bonds is 4. The zero-order valence-corrected chi connectivity index (χ0v) is 8.40. The van der Waals surface area contributed by atoms with Crippen LogP contribution in [-0.2, 0) is 11.4 Å². The quantitative estimate of drug-likeness (QED) is 0.751. The van der Waals surface area contributed by atoms with Crippen LogP contribution in [0.1, 0.15) is 5.56 Å². The van der Waals surface area contributed by atoms with Crippen LogP contribution in [0, 0.1) is 5.82 Å². The van der Waals surface area contributed by atoms with Gasteiger partial charge in [0.05, 0.1) is 18.8 Å². The van der Waals surface area contributed by atoms with Crippen LogP contribution in [0.3, 0.4) is 0 Å². The van der Waals surface area contributed by atoms with Crippen LogP contribution in [-0.4, -0.2) is 24.6 Å². The van der Waals surface area contributed by atoms with E-state index in [1.165, 1.54) is 17.0 Å². The van der Waals surface area contributed by atoms with Crippen molar-refractivity contribution < 1.29 is 14.3 Å². The Bertz CT molecular complexity index is 368. The maximum absolute atomic E-state index is 13.4. The lowest BCUT2D eigenvalue weighted by Crippen LogP contribution is -2.31. The molecule has 1 aromatic rings. The van der Waals surface area contributed by atoms with Crippen molar-refractivity contribution in [3.05, 3.63) is 29.6 Å². The molecule has 1 aromatic carbocycles. The number of halogens is 1. The number of likely N-dealkylation sites (N-methyl/N-ethyl adjacent to an activating group) is 1. The summed E-state index contributed by atoms with van der Waals surface area (Å²) in [5, 5.41) is 8.78. The van der Waals surface area contributed by atoms with E-state index in [9.17, 15) is 9.18 Å². The molecule has 0 aliphatic heterocycles. The summed E-state index contributed by atoms with van der Waals surface area (Å²) in [6, 6.07) is 4.33. The van der Waals surface area contributed by atoms with Crippen molar-refractivity contribution in [3.63, 3.8) is 0 Å². The first kappa shape index (κ1) is 11.5. The molecule has 0 atom stereocenters. The monoisotopic (exact) mass is 212 g/mol. The number of carbonyl (C=O) groups excluding carboxylic acids is 1. The second-order valence-corrected chi connectivity index (χ2v) is 3.27. The van der Waals surface area contributed by atoms with E-state index < -0.39 is 11.7 Å². The summed E-state index contributed by atoms with van der Waals surface area (Å²) in [4.78, 5) is 12.1. The molecule has 0 saturated carbocycles. The Hall–Kier alpha value is -1.62. The molecule has 0 fully saturated rings. The molecule has 0 unspecified atom stereocenters. The highest BCUT2D eigenvalue weighted by Crippen LogP contribution is 2.19. The van der Waals surface area contributed by atoms with Crippen LogP contribution >= 0.6 is 0 Å². The van der Waals surface area contributed by atoms with E-state index in [-0.39, 0.29) is 18.8 Å².